The zero-order chi connectivity index (χ0) is 50.1. The molecule has 65 heavy (non-hydrogen) atoms. The summed E-state index contributed by atoms with van der Waals surface area (Å²) in [6.45, 7) is 8.17. The summed E-state index contributed by atoms with van der Waals surface area (Å²) in [5.74, 6) is -7.89. The van der Waals surface area contributed by atoms with Crippen LogP contribution in [-0.2, 0) is 52.7 Å². The third-order valence-electron chi connectivity index (χ3n) is 8.73. The number of ketones is 3. The second kappa shape index (κ2) is 36.5. The van der Waals surface area contributed by atoms with Crippen molar-refractivity contribution in [2.75, 3.05) is 90.5 Å². The lowest BCUT2D eigenvalue weighted by Crippen LogP contribution is -2.50. The average molecular weight is 964 g/mol. The van der Waals surface area contributed by atoms with Crippen molar-refractivity contribution in [2.45, 2.75) is 98.3 Å². The van der Waals surface area contributed by atoms with Gasteiger partial charge in [-0.25, -0.2) is 0 Å². The molecule has 4 unspecified atom stereocenters. The number of hydrogen-bond donors (Lipinski definition) is 7. The van der Waals surface area contributed by atoms with E-state index in [1.54, 1.807) is 14.0 Å². The van der Waals surface area contributed by atoms with Crippen LogP contribution in [0.4, 0.5) is 0 Å². The lowest BCUT2D eigenvalue weighted by atomic mass is 10.1. The van der Waals surface area contributed by atoms with Crippen molar-refractivity contribution in [3.63, 3.8) is 0 Å². The van der Waals surface area contributed by atoms with Gasteiger partial charge in [-0.1, -0.05) is 35.4 Å². The second-order valence-electron chi connectivity index (χ2n) is 14.9. The molecular weight excluding hydrogens is 895 g/mol. The van der Waals surface area contributed by atoms with Crippen molar-refractivity contribution in [3.8, 4) is 0 Å². The Morgan fingerprint density at radius 3 is 1.32 bits per heavy atom. The molecule has 372 valence electrons. The Labute approximate surface area is 388 Å². The van der Waals surface area contributed by atoms with E-state index in [1.807, 2.05) is 20.8 Å². The Morgan fingerprint density at radius 1 is 0.538 bits per heavy atom. The SMILES string of the molecule is CC.CNC(C)CCC(=O)NC(CSSCC(NC(=O)CCC(C)NC(=O)CN(CCN(CCN(CC(C)=O)CC(=O)O)CC(=O)[O-])CC(=O)[O-])C(=O)NCC(C)=O)C(=O)NCC(C)=O. The first kappa shape index (κ1) is 62.4. The van der Waals surface area contributed by atoms with E-state index < -0.39 is 85.8 Å². The molecule has 7 N–H and O–H groups in total. The van der Waals surface area contributed by atoms with Crippen LogP contribution in [0.1, 0.15) is 74.1 Å². The second-order valence-corrected chi connectivity index (χ2v) is 17.5. The Hall–Kier alpha value is -4.69. The topological polar surface area (TPSA) is 336 Å². The van der Waals surface area contributed by atoms with Crippen molar-refractivity contribution in [2.24, 2.45) is 0 Å². The van der Waals surface area contributed by atoms with Gasteiger partial charge in [-0.3, -0.25) is 57.9 Å². The van der Waals surface area contributed by atoms with Crippen LogP contribution >= 0.6 is 21.6 Å². The largest absolute Gasteiger partial charge is 0.549 e. The predicted molar refractivity (Wildman–Crippen MR) is 240 cm³/mol. The first-order valence-electron chi connectivity index (χ1n) is 21.1. The van der Waals surface area contributed by atoms with E-state index in [4.69, 9.17) is 5.11 Å². The van der Waals surface area contributed by atoms with E-state index in [2.05, 4.69) is 31.9 Å². The fourth-order valence-electron chi connectivity index (χ4n) is 5.37. The van der Waals surface area contributed by atoms with Crippen molar-refractivity contribution < 1.29 is 68.1 Å². The van der Waals surface area contributed by atoms with Gasteiger partial charge in [0.05, 0.1) is 44.7 Å². The monoisotopic (exact) mass is 963 g/mol. The molecule has 0 aromatic heterocycles. The summed E-state index contributed by atoms with van der Waals surface area (Å²) >= 11 is 0. The number of carboxylic acids is 3. The van der Waals surface area contributed by atoms with Gasteiger partial charge in [-0.05, 0) is 54.5 Å². The number of amides is 5. The molecule has 0 heterocycles. The number of hydrogen-bond acceptors (Lipinski definition) is 19. The Bertz CT molecular complexity index is 1560. The molecule has 0 rings (SSSR count). The molecule has 0 bridgehead atoms. The molecule has 5 amide bonds. The summed E-state index contributed by atoms with van der Waals surface area (Å²) in [5.41, 5.74) is 0. The molecule has 23 nitrogen and oxygen atoms in total. The van der Waals surface area contributed by atoms with Gasteiger partial charge >= 0.3 is 5.97 Å². The number of aliphatic carboxylic acids is 3. The number of carbonyl (C=O) groups excluding carboxylic acids is 10. The molecule has 0 aromatic rings. The third-order valence-corrected chi connectivity index (χ3v) is 11.2. The highest BCUT2D eigenvalue weighted by Crippen LogP contribution is 2.23. The van der Waals surface area contributed by atoms with E-state index in [0.717, 1.165) is 21.6 Å². The molecule has 0 aliphatic heterocycles. The Morgan fingerprint density at radius 2 is 0.938 bits per heavy atom. The van der Waals surface area contributed by atoms with E-state index in [1.165, 1.54) is 35.5 Å². The van der Waals surface area contributed by atoms with Crippen molar-refractivity contribution >= 4 is 86.4 Å². The van der Waals surface area contributed by atoms with E-state index in [9.17, 15) is 63.0 Å². The van der Waals surface area contributed by atoms with Crippen molar-refractivity contribution in [1.29, 1.82) is 0 Å². The molecule has 0 saturated heterocycles. The van der Waals surface area contributed by atoms with Crippen LogP contribution in [0.5, 0.6) is 0 Å². The van der Waals surface area contributed by atoms with Crippen LogP contribution < -0.4 is 42.1 Å². The zero-order valence-corrected chi connectivity index (χ0v) is 40.4. The maximum absolute atomic E-state index is 13.0. The highest BCUT2D eigenvalue weighted by molar-refractivity contribution is 8.76. The lowest BCUT2D eigenvalue weighted by Gasteiger charge is -2.30. The number of carboxylic acid groups (broad SMARTS) is 3. The molecule has 0 aliphatic carbocycles. The minimum atomic E-state index is -1.52. The number of nitrogens with zero attached hydrogens (tertiary/aromatic N) is 3. The quantitative estimate of drug-likeness (QED) is 0.0228. The molecule has 0 radical (unpaired) electrons. The van der Waals surface area contributed by atoms with Crippen molar-refractivity contribution in [3.05, 3.63) is 0 Å². The minimum absolute atomic E-state index is 0.00435. The van der Waals surface area contributed by atoms with Gasteiger partial charge in [0, 0.05) is 75.7 Å². The summed E-state index contributed by atoms with van der Waals surface area (Å²) in [7, 11) is 4.00. The van der Waals surface area contributed by atoms with Gasteiger partial charge in [0.1, 0.15) is 29.4 Å². The first-order valence-corrected chi connectivity index (χ1v) is 23.6. The van der Waals surface area contributed by atoms with Gasteiger partial charge in [0.25, 0.3) is 0 Å². The van der Waals surface area contributed by atoms with Crippen LogP contribution in [-0.4, -0.2) is 199 Å². The fourth-order valence-corrected chi connectivity index (χ4v) is 7.70. The molecule has 0 saturated carbocycles. The van der Waals surface area contributed by atoms with Crippen LogP contribution in [0.2, 0.25) is 0 Å². The normalized spacial score (nSPS) is 12.7. The molecule has 0 fully saturated rings. The molecule has 0 spiro atoms. The molecule has 0 aliphatic rings. The predicted octanol–water partition coefficient (Wildman–Crippen LogP) is -4.47. The summed E-state index contributed by atoms with van der Waals surface area (Å²) in [6, 6.07) is -2.71. The highest BCUT2D eigenvalue weighted by Gasteiger charge is 2.25. The molecular formula is C40H69N9O14S2-2. The maximum Gasteiger partial charge on any atom is 0.317 e. The van der Waals surface area contributed by atoms with Crippen molar-refractivity contribution in [1.82, 2.24) is 46.6 Å². The summed E-state index contributed by atoms with van der Waals surface area (Å²) < 4.78 is 0. The summed E-state index contributed by atoms with van der Waals surface area (Å²) in [4.78, 5) is 137. The fraction of sp³-hybridized carbons (Fsp3) is 0.725. The van der Waals surface area contributed by atoms with E-state index >= 15 is 0 Å². The third kappa shape index (κ3) is 35.3. The van der Waals surface area contributed by atoms with Gasteiger partial charge < -0.3 is 56.8 Å². The van der Waals surface area contributed by atoms with Gasteiger partial charge in [-0.2, -0.15) is 0 Å². The van der Waals surface area contributed by atoms with Gasteiger partial charge in [0.15, 0.2) is 0 Å². The number of carbonyl (C=O) groups is 11. The molecule has 25 heteroatoms. The van der Waals surface area contributed by atoms with Crippen LogP contribution in [0.15, 0.2) is 0 Å². The van der Waals surface area contributed by atoms with Crippen LogP contribution in [0, 0.1) is 0 Å². The zero-order valence-electron chi connectivity index (χ0n) is 38.7. The smallest absolute Gasteiger partial charge is 0.317 e. The molecule has 0 aromatic carbocycles. The van der Waals surface area contributed by atoms with Crippen LogP contribution in [0.25, 0.3) is 0 Å². The Kier molecular flexibility index (Phi) is 35.1. The van der Waals surface area contributed by atoms with Gasteiger partial charge in [-0.15, -0.1) is 0 Å². The van der Waals surface area contributed by atoms with E-state index in [-0.39, 0.29) is 106 Å². The highest BCUT2D eigenvalue weighted by atomic mass is 33.1. The van der Waals surface area contributed by atoms with Gasteiger partial charge in [0.2, 0.25) is 29.5 Å². The molecule has 4 atom stereocenters. The lowest BCUT2D eigenvalue weighted by molar-refractivity contribution is -0.308. The maximum atomic E-state index is 13.0. The van der Waals surface area contributed by atoms with Crippen LogP contribution in [0.3, 0.4) is 0 Å². The summed E-state index contributed by atoms with van der Waals surface area (Å²) in [6.07, 6.45) is 0.563. The Balaban J connectivity index is 0. The first-order chi connectivity index (χ1) is 30.5. The number of nitrogens with one attached hydrogen (secondary N) is 6. The number of rotatable bonds is 37. The summed E-state index contributed by atoms with van der Waals surface area (Å²) in [5, 5.41) is 47.9. The van der Waals surface area contributed by atoms with E-state index in [0.29, 0.717) is 6.42 Å². The average Bonchev–Trinajstić information content (AvgIpc) is 3.21. The number of Topliss-reactive ketones (excluding diaryl/α,β-unsaturated/α-hetero) is 3. The minimum Gasteiger partial charge on any atom is -0.549 e. The standard InChI is InChI=1S/C38H65N9O14S2.C2H6/c1-24(39-6)7-9-31(51)43-29(37(60)40-15-26(3)48)22-62-63-23-30(38(61)41-16-27(4)49)44-32(52)10-8-25(2)42-33(53)18-47(21-36(58)59)14-12-45(19-34(54)55)11-13-46(17-28(5)50)20-35(56)57;1-2/h24-25,29-30,39H,7-23H2,1-6H3,(H,40,60)(H,41,61)(H,42,53)(H,43,51)(H,44,52)(H,54,55)(H,56,57)(H,58,59);1-2H3/p-2.